The third-order valence-electron chi connectivity index (χ3n) is 3.57. The van der Waals surface area contributed by atoms with Crippen LogP contribution in [0.5, 0.6) is 0 Å². The van der Waals surface area contributed by atoms with Crippen molar-refractivity contribution in [1.29, 1.82) is 0 Å². The minimum absolute atomic E-state index is 0.349. The molecule has 0 rings (SSSR count). The van der Waals surface area contributed by atoms with E-state index in [1.54, 1.807) is 0 Å². The fourth-order valence-electron chi connectivity index (χ4n) is 2.08. The highest BCUT2D eigenvalue weighted by Gasteiger charge is 2.39. The molecule has 0 saturated carbocycles. The number of carboxylic acid groups (broad SMARTS) is 2. The van der Waals surface area contributed by atoms with Crippen LogP contribution >= 0.6 is 0 Å². The average Bonchev–Trinajstić information content (AvgIpc) is 2.54. The third-order valence-corrected chi connectivity index (χ3v) is 3.57. The molecule has 0 saturated heterocycles. The Bertz CT molecular complexity index is 365. The molecule has 9 heteroatoms. The predicted octanol–water partition coefficient (Wildman–Crippen LogP) is -0.121. The van der Waals surface area contributed by atoms with E-state index >= 15 is 0 Å². The maximum absolute atomic E-state index is 11.0. The first-order valence-corrected chi connectivity index (χ1v) is 8.21. The van der Waals surface area contributed by atoms with Gasteiger partial charge in [0.05, 0.1) is 0 Å². The molecule has 24 heavy (non-hydrogen) atoms. The normalized spacial score (nSPS) is 16.3. The first kappa shape index (κ1) is 22.7. The first-order valence-electron chi connectivity index (χ1n) is 8.21. The minimum atomic E-state index is -2.31. The topological polar surface area (TPSA) is 157 Å². The Balaban J connectivity index is 4.08. The summed E-state index contributed by atoms with van der Waals surface area (Å²) in [7, 11) is 0. The number of carbonyl (C=O) groups is 2. The highest BCUT2D eigenvalue weighted by Crippen LogP contribution is 2.09. The van der Waals surface area contributed by atoms with Crippen LogP contribution in [0.15, 0.2) is 0 Å². The van der Waals surface area contributed by atoms with E-state index in [4.69, 9.17) is 20.2 Å². The van der Waals surface area contributed by atoms with Gasteiger partial charge in [-0.2, -0.15) is 0 Å². The van der Waals surface area contributed by atoms with Gasteiger partial charge in [0.15, 0.2) is 6.10 Å². The smallest absolute Gasteiger partial charge is 0.337 e. The summed E-state index contributed by atoms with van der Waals surface area (Å²) in [5.41, 5.74) is 2.39. The standard InChI is InChI=1S/C15H29NO8/c1-2-3-4-5-6-7-8-9-16-24-13(15(22)23)11(18)10(17)12(19)14(20)21/h10-13,16-19H,2-9H2,1H3,(H,20,21)(H,22,23)/t10-,11-,12-,13+/m0/s1. The summed E-state index contributed by atoms with van der Waals surface area (Å²) in [6.45, 7) is 2.49. The summed E-state index contributed by atoms with van der Waals surface area (Å²) >= 11 is 0. The van der Waals surface area contributed by atoms with Gasteiger partial charge in [0.2, 0.25) is 6.10 Å². The largest absolute Gasteiger partial charge is 0.479 e. The van der Waals surface area contributed by atoms with Crippen LogP contribution in [-0.2, 0) is 14.4 Å². The number of aliphatic hydroxyl groups excluding tert-OH is 3. The van der Waals surface area contributed by atoms with Crippen LogP contribution in [0.4, 0.5) is 0 Å². The molecule has 0 heterocycles. The van der Waals surface area contributed by atoms with Crippen molar-refractivity contribution in [2.24, 2.45) is 0 Å². The van der Waals surface area contributed by atoms with Crippen molar-refractivity contribution in [1.82, 2.24) is 5.48 Å². The molecule has 0 aliphatic carbocycles. The van der Waals surface area contributed by atoms with Gasteiger partial charge in [0, 0.05) is 6.54 Å². The molecular formula is C15H29NO8. The molecule has 0 aliphatic heterocycles. The second-order valence-electron chi connectivity index (χ2n) is 5.66. The number of aliphatic carboxylic acids is 2. The van der Waals surface area contributed by atoms with Gasteiger partial charge in [-0.25, -0.2) is 15.1 Å². The average molecular weight is 351 g/mol. The second kappa shape index (κ2) is 13.1. The van der Waals surface area contributed by atoms with E-state index < -0.39 is 36.4 Å². The van der Waals surface area contributed by atoms with Crippen LogP contribution < -0.4 is 5.48 Å². The lowest BCUT2D eigenvalue weighted by Crippen LogP contribution is -2.52. The number of rotatable bonds is 15. The van der Waals surface area contributed by atoms with Crippen LogP contribution in [0.25, 0.3) is 0 Å². The fraction of sp³-hybridized carbons (Fsp3) is 0.867. The predicted molar refractivity (Wildman–Crippen MR) is 84.2 cm³/mol. The summed E-state index contributed by atoms with van der Waals surface area (Å²) in [5.74, 6) is -3.37. The molecule has 0 fully saturated rings. The number of nitrogens with one attached hydrogen (secondary N) is 1. The van der Waals surface area contributed by atoms with E-state index in [2.05, 4.69) is 12.4 Å². The monoisotopic (exact) mass is 351 g/mol. The molecular weight excluding hydrogens is 322 g/mol. The molecule has 0 unspecified atom stereocenters. The summed E-state index contributed by atoms with van der Waals surface area (Å²) in [6.07, 6.45) is -1.03. The molecule has 0 radical (unpaired) electrons. The van der Waals surface area contributed by atoms with Crippen molar-refractivity contribution < 1.29 is 40.0 Å². The minimum Gasteiger partial charge on any atom is -0.479 e. The third kappa shape index (κ3) is 9.14. The Morgan fingerprint density at radius 3 is 1.92 bits per heavy atom. The zero-order valence-electron chi connectivity index (χ0n) is 13.9. The Morgan fingerprint density at radius 1 is 0.875 bits per heavy atom. The van der Waals surface area contributed by atoms with Gasteiger partial charge in [0.1, 0.15) is 12.2 Å². The second-order valence-corrected chi connectivity index (χ2v) is 5.66. The molecule has 0 aliphatic rings. The zero-order chi connectivity index (χ0) is 18.5. The number of hydroxylamine groups is 1. The van der Waals surface area contributed by atoms with Crippen LogP contribution in [0.3, 0.4) is 0 Å². The van der Waals surface area contributed by atoms with Gasteiger partial charge < -0.3 is 25.5 Å². The Kier molecular flexibility index (Phi) is 12.4. The van der Waals surface area contributed by atoms with E-state index in [-0.39, 0.29) is 0 Å². The SMILES string of the molecule is CCCCCCCCCNO[C@@H](C(=O)O)[C@@H](O)[C@H](O)[C@H](O)C(=O)O. The van der Waals surface area contributed by atoms with Gasteiger partial charge >= 0.3 is 11.9 Å². The van der Waals surface area contributed by atoms with Crippen molar-refractivity contribution in [2.45, 2.75) is 76.3 Å². The molecule has 0 bridgehead atoms. The van der Waals surface area contributed by atoms with Crippen LogP contribution in [0, 0.1) is 0 Å². The van der Waals surface area contributed by atoms with Gasteiger partial charge in [-0.15, -0.1) is 0 Å². The fourth-order valence-corrected chi connectivity index (χ4v) is 2.08. The molecule has 0 aromatic rings. The summed E-state index contributed by atoms with van der Waals surface area (Å²) in [5, 5.41) is 45.8. The Hall–Kier alpha value is -1.26. The lowest BCUT2D eigenvalue weighted by Gasteiger charge is -2.25. The molecule has 9 nitrogen and oxygen atoms in total. The zero-order valence-corrected chi connectivity index (χ0v) is 13.9. The quantitative estimate of drug-likeness (QED) is 0.175. The lowest BCUT2D eigenvalue weighted by atomic mass is 10.0. The number of aliphatic hydroxyl groups is 3. The van der Waals surface area contributed by atoms with E-state index in [9.17, 15) is 19.8 Å². The van der Waals surface area contributed by atoms with Crippen molar-refractivity contribution >= 4 is 11.9 Å². The maximum atomic E-state index is 11.0. The Morgan fingerprint density at radius 2 is 1.42 bits per heavy atom. The summed E-state index contributed by atoms with van der Waals surface area (Å²) in [4.78, 5) is 26.4. The van der Waals surface area contributed by atoms with Crippen molar-refractivity contribution in [2.75, 3.05) is 6.54 Å². The van der Waals surface area contributed by atoms with Crippen molar-refractivity contribution in [3.05, 3.63) is 0 Å². The first-order chi connectivity index (χ1) is 11.3. The van der Waals surface area contributed by atoms with Gasteiger partial charge in [-0.1, -0.05) is 45.4 Å². The Labute approximate surface area is 141 Å². The maximum Gasteiger partial charge on any atom is 0.337 e. The summed E-state index contributed by atoms with van der Waals surface area (Å²) in [6, 6.07) is 0. The van der Waals surface area contributed by atoms with E-state index in [0.29, 0.717) is 6.54 Å². The number of carboxylic acids is 2. The molecule has 0 amide bonds. The van der Waals surface area contributed by atoms with E-state index in [0.717, 1.165) is 25.7 Å². The highest BCUT2D eigenvalue weighted by molar-refractivity contribution is 5.75. The van der Waals surface area contributed by atoms with Crippen LogP contribution in [0.1, 0.15) is 51.9 Å². The molecule has 4 atom stereocenters. The van der Waals surface area contributed by atoms with Crippen molar-refractivity contribution in [3.8, 4) is 0 Å². The van der Waals surface area contributed by atoms with Gasteiger partial charge in [-0.3, -0.25) is 4.84 Å². The molecule has 142 valence electrons. The number of hydrogen-bond donors (Lipinski definition) is 6. The molecule has 0 aromatic heterocycles. The van der Waals surface area contributed by atoms with Crippen LogP contribution in [-0.4, -0.2) is 68.4 Å². The van der Waals surface area contributed by atoms with E-state index in [1.165, 1.54) is 19.3 Å². The lowest BCUT2D eigenvalue weighted by molar-refractivity contribution is -0.186. The molecule has 0 aromatic carbocycles. The number of hydrogen-bond acceptors (Lipinski definition) is 7. The van der Waals surface area contributed by atoms with Crippen molar-refractivity contribution in [3.63, 3.8) is 0 Å². The summed E-state index contributed by atoms with van der Waals surface area (Å²) < 4.78 is 0. The highest BCUT2D eigenvalue weighted by atomic mass is 16.7. The van der Waals surface area contributed by atoms with Crippen LogP contribution in [0.2, 0.25) is 0 Å². The van der Waals surface area contributed by atoms with E-state index in [1.807, 2.05) is 0 Å². The molecule has 6 N–H and O–H groups in total. The van der Waals surface area contributed by atoms with Gasteiger partial charge in [0.25, 0.3) is 0 Å². The number of unbranched alkanes of at least 4 members (excludes halogenated alkanes) is 6. The molecule has 0 spiro atoms. The van der Waals surface area contributed by atoms with Gasteiger partial charge in [-0.05, 0) is 6.42 Å².